The zero-order chi connectivity index (χ0) is 17.0. The molecule has 2 rings (SSSR count). The maximum absolute atomic E-state index is 12.4. The van der Waals surface area contributed by atoms with Crippen LogP contribution in [0.1, 0.15) is 15.9 Å². The first-order chi connectivity index (χ1) is 10.9. The largest absolute Gasteiger partial charge is 0.496 e. The van der Waals surface area contributed by atoms with E-state index in [-0.39, 0.29) is 22.1 Å². The van der Waals surface area contributed by atoms with Crippen LogP contribution in [0.3, 0.4) is 0 Å². The molecule has 0 saturated carbocycles. The molecule has 0 radical (unpaired) electrons. The Bertz CT molecular complexity index is 814. The predicted molar refractivity (Wildman–Crippen MR) is 88.4 cm³/mol. The molecule has 2 aromatic carbocycles. The molecular formula is C16H18N2O4S. The van der Waals surface area contributed by atoms with Crippen LogP contribution in [0.2, 0.25) is 0 Å². The normalized spacial score (nSPS) is 10.9. The fourth-order valence-corrected chi connectivity index (χ4v) is 3.06. The first kappa shape index (κ1) is 16.8. The van der Waals surface area contributed by atoms with E-state index in [2.05, 4.69) is 10.0 Å². The molecule has 23 heavy (non-hydrogen) atoms. The number of methoxy groups -OCH3 is 1. The molecule has 0 unspecified atom stereocenters. The summed E-state index contributed by atoms with van der Waals surface area (Å²) < 4.78 is 32.3. The van der Waals surface area contributed by atoms with Gasteiger partial charge in [0.25, 0.3) is 15.9 Å². The van der Waals surface area contributed by atoms with Crippen LogP contribution in [0.25, 0.3) is 0 Å². The van der Waals surface area contributed by atoms with Gasteiger partial charge in [0.15, 0.2) is 0 Å². The number of anilines is 1. The number of carbonyl (C=O) groups is 1. The lowest BCUT2D eigenvalue weighted by Crippen LogP contribution is -2.19. The summed E-state index contributed by atoms with van der Waals surface area (Å²) in [6, 6.07) is 11.0. The topological polar surface area (TPSA) is 84.5 Å². The fourth-order valence-electron chi connectivity index (χ4n) is 2.02. The predicted octanol–water partition coefficient (Wildman–Crippen LogP) is 2.16. The lowest BCUT2D eigenvalue weighted by atomic mass is 10.1. The molecule has 0 aromatic heterocycles. The number of rotatable bonds is 5. The molecule has 2 aromatic rings. The molecule has 0 bridgehead atoms. The van der Waals surface area contributed by atoms with E-state index >= 15 is 0 Å². The number of amides is 1. The first-order valence-corrected chi connectivity index (χ1v) is 8.35. The lowest BCUT2D eigenvalue weighted by molar-refractivity contribution is 0.0960. The number of sulfonamides is 1. The molecule has 6 nitrogen and oxygen atoms in total. The SMILES string of the molecule is CNC(=O)c1cc(NS(=O)(=O)c2ccc(C)cc2)ccc1OC. The van der Waals surface area contributed by atoms with Gasteiger partial charge >= 0.3 is 0 Å². The third-order valence-corrected chi connectivity index (χ3v) is 4.65. The molecular weight excluding hydrogens is 316 g/mol. The molecule has 7 heteroatoms. The van der Waals surface area contributed by atoms with Crippen molar-refractivity contribution in [2.75, 3.05) is 18.9 Å². The number of carbonyl (C=O) groups excluding carboxylic acids is 1. The van der Waals surface area contributed by atoms with Gasteiger partial charge in [-0.15, -0.1) is 0 Å². The fraction of sp³-hybridized carbons (Fsp3) is 0.188. The van der Waals surface area contributed by atoms with Crippen molar-refractivity contribution in [2.24, 2.45) is 0 Å². The third-order valence-electron chi connectivity index (χ3n) is 3.25. The molecule has 0 saturated heterocycles. The molecule has 0 aliphatic rings. The molecule has 2 N–H and O–H groups in total. The molecule has 1 amide bonds. The van der Waals surface area contributed by atoms with Gasteiger partial charge in [-0.25, -0.2) is 8.42 Å². The van der Waals surface area contributed by atoms with E-state index in [4.69, 9.17) is 4.74 Å². The molecule has 0 atom stereocenters. The van der Waals surface area contributed by atoms with Crippen LogP contribution in [0.15, 0.2) is 47.4 Å². The summed E-state index contributed by atoms with van der Waals surface area (Å²) in [5, 5.41) is 2.49. The highest BCUT2D eigenvalue weighted by atomic mass is 32.2. The second-order valence-electron chi connectivity index (χ2n) is 4.91. The van der Waals surface area contributed by atoms with Gasteiger partial charge in [-0.2, -0.15) is 0 Å². The van der Waals surface area contributed by atoms with Crippen LogP contribution in [-0.2, 0) is 10.0 Å². The van der Waals surface area contributed by atoms with Crippen LogP contribution < -0.4 is 14.8 Å². The van der Waals surface area contributed by atoms with Gasteiger partial charge in [0, 0.05) is 12.7 Å². The number of nitrogens with one attached hydrogen (secondary N) is 2. The third kappa shape index (κ3) is 3.81. The van der Waals surface area contributed by atoms with E-state index in [9.17, 15) is 13.2 Å². The van der Waals surface area contributed by atoms with Crippen LogP contribution in [0, 0.1) is 6.92 Å². The van der Waals surface area contributed by atoms with Crippen molar-refractivity contribution in [1.29, 1.82) is 0 Å². The molecule has 122 valence electrons. The Balaban J connectivity index is 2.36. The molecule has 0 fully saturated rings. The van der Waals surface area contributed by atoms with Gasteiger partial charge < -0.3 is 10.1 Å². The van der Waals surface area contributed by atoms with Gasteiger partial charge in [0.2, 0.25) is 0 Å². The minimum Gasteiger partial charge on any atom is -0.496 e. The van der Waals surface area contributed by atoms with Gasteiger partial charge in [0.1, 0.15) is 5.75 Å². The van der Waals surface area contributed by atoms with E-state index in [1.807, 2.05) is 6.92 Å². The summed E-state index contributed by atoms with van der Waals surface area (Å²) in [7, 11) is -0.788. The Labute approximate surface area is 135 Å². The van der Waals surface area contributed by atoms with Crippen LogP contribution in [-0.4, -0.2) is 28.5 Å². The average molecular weight is 334 g/mol. The standard InChI is InChI=1S/C16H18N2O4S/c1-11-4-7-13(8-5-11)23(20,21)18-12-6-9-15(22-3)14(10-12)16(19)17-2/h4-10,18H,1-3H3,(H,17,19). The van der Waals surface area contributed by atoms with Gasteiger partial charge in [0.05, 0.1) is 17.6 Å². The molecule has 0 aliphatic heterocycles. The summed E-state index contributed by atoms with van der Waals surface area (Å²) in [6.45, 7) is 1.88. The second-order valence-corrected chi connectivity index (χ2v) is 6.60. The van der Waals surface area contributed by atoms with Crippen molar-refractivity contribution in [3.05, 3.63) is 53.6 Å². The summed E-state index contributed by atoms with van der Waals surface area (Å²) >= 11 is 0. The Morgan fingerprint density at radius 3 is 2.30 bits per heavy atom. The summed E-state index contributed by atoms with van der Waals surface area (Å²) in [5.74, 6) is 0.000803. The zero-order valence-electron chi connectivity index (χ0n) is 13.1. The van der Waals surface area contributed by atoms with E-state index in [0.717, 1.165) is 5.56 Å². The average Bonchev–Trinajstić information content (AvgIpc) is 2.54. The van der Waals surface area contributed by atoms with E-state index < -0.39 is 10.0 Å². The van der Waals surface area contributed by atoms with E-state index in [1.54, 1.807) is 12.1 Å². The smallest absolute Gasteiger partial charge is 0.261 e. The minimum atomic E-state index is -3.72. The number of aryl methyl sites for hydroxylation is 1. The van der Waals surface area contributed by atoms with Crippen molar-refractivity contribution in [2.45, 2.75) is 11.8 Å². The van der Waals surface area contributed by atoms with E-state index in [0.29, 0.717) is 5.75 Å². The van der Waals surface area contributed by atoms with Crippen molar-refractivity contribution < 1.29 is 17.9 Å². The van der Waals surface area contributed by atoms with Crippen LogP contribution in [0.4, 0.5) is 5.69 Å². The van der Waals surface area contributed by atoms with Gasteiger partial charge in [-0.05, 0) is 37.3 Å². The number of hydrogen-bond acceptors (Lipinski definition) is 4. The minimum absolute atomic E-state index is 0.153. The maximum atomic E-state index is 12.4. The van der Waals surface area contributed by atoms with E-state index in [1.165, 1.54) is 44.5 Å². The Hall–Kier alpha value is -2.54. The maximum Gasteiger partial charge on any atom is 0.261 e. The highest BCUT2D eigenvalue weighted by molar-refractivity contribution is 7.92. The second kappa shape index (κ2) is 6.70. The Morgan fingerprint density at radius 1 is 1.09 bits per heavy atom. The Kier molecular flexibility index (Phi) is 4.90. The van der Waals surface area contributed by atoms with Crippen LogP contribution in [0.5, 0.6) is 5.75 Å². The Morgan fingerprint density at radius 2 is 1.74 bits per heavy atom. The van der Waals surface area contributed by atoms with Crippen molar-refractivity contribution in [3.8, 4) is 5.75 Å². The van der Waals surface area contributed by atoms with Gasteiger partial charge in [-0.1, -0.05) is 17.7 Å². The van der Waals surface area contributed by atoms with Gasteiger partial charge in [-0.3, -0.25) is 9.52 Å². The molecule has 0 aliphatic carbocycles. The first-order valence-electron chi connectivity index (χ1n) is 6.87. The lowest BCUT2D eigenvalue weighted by Gasteiger charge is -2.12. The highest BCUT2D eigenvalue weighted by Crippen LogP contribution is 2.24. The molecule has 0 heterocycles. The quantitative estimate of drug-likeness (QED) is 0.877. The number of benzene rings is 2. The number of hydrogen-bond donors (Lipinski definition) is 2. The molecule has 0 spiro atoms. The zero-order valence-corrected chi connectivity index (χ0v) is 13.9. The summed E-state index contributed by atoms with van der Waals surface area (Å²) in [6.07, 6.45) is 0. The highest BCUT2D eigenvalue weighted by Gasteiger charge is 2.17. The van der Waals surface area contributed by atoms with Crippen molar-refractivity contribution in [1.82, 2.24) is 5.32 Å². The summed E-state index contributed by atoms with van der Waals surface area (Å²) in [4.78, 5) is 12.0. The van der Waals surface area contributed by atoms with Crippen molar-refractivity contribution in [3.63, 3.8) is 0 Å². The van der Waals surface area contributed by atoms with Crippen LogP contribution >= 0.6 is 0 Å². The van der Waals surface area contributed by atoms with Crippen molar-refractivity contribution >= 4 is 21.6 Å². The monoisotopic (exact) mass is 334 g/mol. The number of ether oxygens (including phenoxy) is 1. The summed E-state index contributed by atoms with van der Waals surface area (Å²) in [5.41, 5.74) is 1.50.